The van der Waals surface area contributed by atoms with Crippen molar-refractivity contribution < 1.29 is 18.7 Å². The Kier molecular flexibility index (Phi) is 1.44. The van der Waals surface area contributed by atoms with E-state index in [-0.39, 0.29) is 0 Å². The predicted octanol–water partition coefficient (Wildman–Crippen LogP) is 0.0705. The molecule has 6 heteroatoms. The van der Waals surface area contributed by atoms with Crippen molar-refractivity contribution in [3.05, 3.63) is 0 Å². The second-order valence-electron chi connectivity index (χ2n) is 1.35. The molecule has 0 fully saturated rings. The monoisotopic (exact) mass is 147 g/mol. The Morgan fingerprint density at radius 2 is 2.33 bits per heavy atom. The van der Waals surface area contributed by atoms with E-state index in [1.54, 1.807) is 0 Å². The Morgan fingerprint density at radius 3 is 2.56 bits per heavy atom. The Morgan fingerprint density at radius 1 is 1.67 bits per heavy atom. The number of rotatable bonds is 1. The smallest absolute Gasteiger partial charge is 0.367 e. The van der Waals surface area contributed by atoms with Gasteiger partial charge < -0.3 is 4.74 Å². The van der Waals surface area contributed by atoms with Crippen molar-refractivity contribution in [3.8, 4) is 0 Å². The van der Waals surface area contributed by atoms with Crippen LogP contribution < -0.4 is 0 Å². The summed E-state index contributed by atoms with van der Waals surface area (Å²) in [6.07, 6.45) is 0.831. The first kappa shape index (κ1) is 6.16. The summed E-state index contributed by atoms with van der Waals surface area (Å²) in [5.74, 6) is -2.13. The number of aliphatic imine (C=N–C) groups is 1. The van der Waals surface area contributed by atoms with Gasteiger partial charge in [-0.1, -0.05) is 0 Å². The van der Waals surface area contributed by atoms with Gasteiger partial charge in [0.15, 0.2) is 6.40 Å². The Bertz CT molecular complexity index is 222. The fourth-order valence-corrected chi connectivity index (χ4v) is 0.803. The number of ether oxygens (including phenoxy) is 1. The van der Waals surface area contributed by atoms with Crippen molar-refractivity contribution in [3.63, 3.8) is 0 Å². The summed E-state index contributed by atoms with van der Waals surface area (Å²) in [7, 11) is -2.84. The summed E-state index contributed by atoms with van der Waals surface area (Å²) in [6, 6.07) is 0. The van der Waals surface area contributed by atoms with Crippen LogP contribution in [-0.2, 0) is 18.7 Å². The van der Waals surface area contributed by atoms with Crippen molar-refractivity contribution in [1.29, 1.82) is 0 Å². The molecular formula is C3H2NO4P. The second kappa shape index (κ2) is 2.11. The lowest BCUT2D eigenvalue weighted by molar-refractivity contribution is -0.119. The molecule has 1 unspecified atom stereocenters. The number of nitrogens with zero attached hydrogens (tertiary/aromatic N) is 1. The number of carbonyl (C=O) groups excluding carboxylic acids is 1. The Hall–Kier alpha value is -0.960. The van der Waals surface area contributed by atoms with Gasteiger partial charge in [0, 0.05) is 0 Å². The highest BCUT2D eigenvalue weighted by Gasteiger charge is 2.28. The molecule has 0 aromatic rings. The molecule has 0 aromatic carbocycles. The minimum Gasteiger partial charge on any atom is -0.455 e. The van der Waals surface area contributed by atoms with Gasteiger partial charge in [0.1, 0.15) is 0 Å². The van der Waals surface area contributed by atoms with Crippen LogP contribution in [0.4, 0.5) is 0 Å². The lowest BCUT2D eigenvalue weighted by Gasteiger charge is -1.90. The van der Waals surface area contributed by atoms with Crippen LogP contribution in [0.15, 0.2) is 4.99 Å². The molecule has 0 N–H and O–H groups in total. The largest absolute Gasteiger partial charge is 0.455 e. The molecule has 0 radical (unpaired) electrons. The normalized spacial score (nSPS) is 24.0. The molecule has 0 spiro atoms. The van der Waals surface area contributed by atoms with Crippen molar-refractivity contribution in [2.75, 3.05) is 0 Å². The quantitative estimate of drug-likeness (QED) is 0.492. The molecule has 1 amide bonds. The molecule has 0 saturated carbocycles. The van der Waals surface area contributed by atoms with Crippen LogP contribution in [0.2, 0.25) is 0 Å². The molecule has 9 heavy (non-hydrogen) atoms. The average Bonchev–Trinajstić information content (AvgIpc) is 2.13. The first-order valence-electron chi connectivity index (χ1n) is 2.07. The standard InChI is InChI=1S/C3H2NO4P/c5-2-3(9(6)7)8-1-4-2/h1,3H. The number of hydrogen-bond donors (Lipinski definition) is 0. The lowest BCUT2D eigenvalue weighted by atomic mass is 10.7. The summed E-state index contributed by atoms with van der Waals surface area (Å²) in [4.78, 5) is 13.4. The van der Waals surface area contributed by atoms with E-state index in [0.717, 1.165) is 6.40 Å². The van der Waals surface area contributed by atoms with Crippen LogP contribution in [0.5, 0.6) is 0 Å². The molecule has 0 aromatic heterocycles. The van der Waals surface area contributed by atoms with Crippen molar-refractivity contribution in [2.24, 2.45) is 4.99 Å². The molecular weight excluding hydrogens is 145 g/mol. The van der Waals surface area contributed by atoms with Crippen LogP contribution in [0, 0.1) is 0 Å². The SMILES string of the molecule is O=C1N=COC1P(=O)=O. The van der Waals surface area contributed by atoms with Crippen LogP contribution in [-0.4, -0.2) is 18.2 Å². The minimum absolute atomic E-state index is 0.758. The van der Waals surface area contributed by atoms with Gasteiger partial charge in [0.05, 0.1) is 0 Å². The van der Waals surface area contributed by atoms with E-state index in [4.69, 9.17) is 0 Å². The third-order valence-electron chi connectivity index (χ3n) is 0.772. The van der Waals surface area contributed by atoms with Gasteiger partial charge in [-0.25, -0.2) is 9.13 Å². The lowest BCUT2D eigenvalue weighted by Crippen LogP contribution is -2.07. The number of carbonyl (C=O) groups is 1. The summed E-state index contributed by atoms with van der Waals surface area (Å²) in [6.45, 7) is 0. The third-order valence-corrected chi connectivity index (χ3v) is 1.50. The topological polar surface area (TPSA) is 72.8 Å². The highest BCUT2D eigenvalue weighted by Crippen LogP contribution is 2.19. The van der Waals surface area contributed by atoms with Crippen LogP contribution in [0.1, 0.15) is 0 Å². The van der Waals surface area contributed by atoms with Crippen molar-refractivity contribution >= 4 is 20.0 Å². The van der Waals surface area contributed by atoms with Gasteiger partial charge in [0.25, 0.3) is 5.85 Å². The minimum atomic E-state index is -2.84. The van der Waals surface area contributed by atoms with E-state index < -0.39 is 19.4 Å². The predicted molar refractivity (Wildman–Crippen MR) is 26.7 cm³/mol. The molecule has 1 aliphatic rings. The molecule has 0 bridgehead atoms. The van der Waals surface area contributed by atoms with Crippen molar-refractivity contribution in [2.45, 2.75) is 5.85 Å². The van der Waals surface area contributed by atoms with E-state index in [1.165, 1.54) is 0 Å². The van der Waals surface area contributed by atoms with Gasteiger partial charge >= 0.3 is 13.6 Å². The highest BCUT2D eigenvalue weighted by molar-refractivity contribution is 7.33. The maximum atomic E-state index is 10.3. The fraction of sp³-hybridized carbons (Fsp3) is 0.333. The molecule has 1 aliphatic heterocycles. The van der Waals surface area contributed by atoms with Gasteiger partial charge in [0.2, 0.25) is 0 Å². The zero-order valence-electron chi connectivity index (χ0n) is 4.18. The van der Waals surface area contributed by atoms with E-state index in [2.05, 4.69) is 9.73 Å². The average molecular weight is 147 g/mol. The number of amides is 1. The molecule has 1 rings (SSSR count). The van der Waals surface area contributed by atoms with Crippen molar-refractivity contribution in [1.82, 2.24) is 0 Å². The third kappa shape index (κ3) is 1.05. The van der Waals surface area contributed by atoms with Gasteiger partial charge in [-0.05, 0) is 0 Å². The first-order chi connectivity index (χ1) is 4.22. The first-order valence-corrected chi connectivity index (χ1v) is 3.32. The zero-order valence-corrected chi connectivity index (χ0v) is 5.08. The van der Waals surface area contributed by atoms with E-state index in [0.29, 0.717) is 0 Å². The van der Waals surface area contributed by atoms with Gasteiger partial charge in [-0.3, -0.25) is 4.79 Å². The summed E-state index contributed by atoms with van der Waals surface area (Å²) < 4.78 is 24.3. The van der Waals surface area contributed by atoms with E-state index in [9.17, 15) is 13.9 Å². The van der Waals surface area contributed by atoms with Crippen LogP contribution >= 0.6 is 7.68 Å². The zero-order chi connectivity index (χ0) is 6.85. The van der Waals surface area contributed by atoms with Gasteiger partial charge in [-0.2, -0.15) is 4.99 Å². The van der Waals surface area contributed by atoms with Crippen LogP contribution in [0.25, 0.3) is 0 Å². The highest BCUT2D eigenvalue weighted by atomic mass is 31.1. The van der Waals surface area contributed by atoms with E-state index >= 15 is 0 Å². The van der Waals surface area contributed by atoms with Gasteiger partial charge in [-0.15, -0.1) is 0 Å². The fourth-order valence-electron chi connectivity index (χ4n) is 0.402. The summed E-state index contributed by atoms with van der Waals surface area (Å²) >= 11 is 0. The summed E-state index contributed by atoms with van der Waals surface area (Å²) in [5, 5.41) is 0. The molecule has 1 heterocycles. The molecule has 1 atom stereocenters. The molecule has 5 nitrogen and oxygen atoms in total. The summed E-state index contributed by atoms with van der Waals surface area (Å²) in [5.41, 5.74) is 0. The molecule has 48 valence electrons. The maximum Gasteiger partial charge on any atom is 0.367 e. The molecule has 0 saturated heterocycles. The maximum absolute atomic E-state index is 10.3. The number of hydrogen-bond acceptors (Lipinski definition) is 4. The Labute approximate surface area is 50.5 Å². The van der Waals surface area contributed by atoms with E-state index in [1.807, 2.05) is 0 Å². The molecule has 0 aliphatic carbocycles. The second-order valence-corrected chi connectivity index (χ2v) is 2.39. The Balaban J connectivity index is 2.78. The van der Waals surface area contributed by atoms with Crippen LogP contribution in [0.3, 0.4) is 0 Å².